The van der Waals surface area contributed by atoms with Crippen LogP contribution < -0.4 is 4.90 Å². The predicted molar refractivity (Wildman–Crippen MR) is 107 cm³/mol. The van der Waals surface area contributed by atoms with Gasteiger partial charge in [-0.3, -0.25) is 0 Å². The molecule has 2 heterocycles. The van der Waals surface area contributed by atoms with Gasteiger partial charge in [0.25, 0.3) is 0 Å². The van der Waals surface area contributed by atoms with E-state index >= 15 is 0 Å². The zero-order chi connectivity index (χ0) is 19.4. The molecule has 0 spiro atoms. The van der Waals surface area contributed by atoms with Crippen LogP contribution in [0.3, 0.4) is 0 Å². The smallest absolute Gasteiger partial charge is 0.410 e. The van der Waals surface area contributed by atoms with Gasteiger partial charge in [-0.15, -0.1) is 0 Å². The van der Waals surface area contributed by atoms with Crippen molar-refractivity contribution in [3.8, 4) is 0 Å². The van der Waals surface area contributed by atoms with Gasteiger partial charge < -0.3 is 14.5 Å². The van der Waals surface area contributed by atoms with Crippen molar-refractivity contribution in [2.75, 3.05) is 31.1 Å². The van der Waals surface area contributed by atoms with Crippen molar-refractivity contribution in [1.82, 2.24) is 14.9 Å². The Balaban J connectivity index is 1.70. The van der Waals surface area contributed by atoms with Gasteiger partial charge in [0.05, 0.1) is 5.69 Å². The topological polar surface area (TPSA) is 58.6 Å². The average molecular weight is 387 g/mol. The molecule has 0 radical (unpaired) electrons. The van der Waals surface area contributed by atoms with Gasteiger partial charge in [-0.05, 0) is 63.2 Å². The van der Waals surface area contributed by atoms with Crippen LogP contribution in [0.15, 0.2) is 46.7 Å². The van der Waals surface area contributed by atoms with E-state index in [-0.39, 0.29) is 6.09 Å². The van der Waals surface area contributed by atoms with E-state index in [9.17, 15) is 4.79 Å². The van der Waals surface area contributed by atoms with Crippen molar-refractivity contribution < 1.29 is 9.53 Å². The normalized spacial score (nSPS) is 15.0. The van der Waals surface area contributed by atoms with Gasteiger partial charge in [-0.2, -0.15) is 0 Å². The first kappa shape index (κ1) is 19.5. The van der Waals surface area contributed by atoms with Crippen LogP contribution in [0, 0.1) is 6.92 Å². The molecular weight excluding hydrogens is 360 g/mol. The van der Waals surface area contributed by atoms with Gasteiger partial charge in [0, 0.05) is 43.5 Å². The Kier molecular flexibility index (Phi) is 5.89. The van der Waals surface area contributed by atoms with Crippen LogP contribution >= 0.6 is 11.8 Å². The highest BCUT2D eigenvalue weighted by Crippen LogP contribution is 2.35. The van der Waals surface area contributed by atoms with Gasteiger partial charge in [0.15, 0.2) is 5.16 Å². The molecule has 1 aromatic heterocycles. The van der Waals surface area contributed by atoms with Crippen molar-refractivity contribution in [3.63, 3.8) is 0 Å². The maximum atomic E-state index is 12.3. The summed E-state index contributed by atoms with van der Waals surface area (Å²) in [4.78, 5) is 26.1. The maximum Gasteiger partial charge on any atom is 0.410 e. The number of aryl methyl sites for hydroxylation is 1. The van der Waals surface area contributed by atoms with Crippen LogP contribution in [0.25, 0.3) is 0 Å². The zero-order valence-electron chi connectivity index (χ0n) is 16.3. The molecule has 6 nitrogen and oxygen atoms in total. The minimum atomic E-state index is -0.468. The van der Waals surface area contributed by atoms with E-state index in [1.807, 2.05) is 26.8 Å². The Bertz CT molecular complexity index is 784. The molecule has 27 heavy (non-hydrogen) atoms. The van der Waals surface area contributed by atoms with Crippen LogP contribution in [0.4, 0.5) is 10.5 Å². The van der Waals surface area contributed by atoms with Gasteiger partial charge in [0.2, 0.25) is 0 Å². The molecule has 0 saturated carbocycles. The predicted octanol–water partition coefficient (Wildman–Crippen LogP) is 3.99. The quantitative estimate of drug-likeness (QED) is 0.744. The maximum absolute atomic E-state index is 12.3. The second-order valence-corrected chi connectivity index (χ2v) is 8.57. The molecule has 7 heteroatoms. The lowest BCUT2D eigenvalue weighted by Gasteiger charge is -2.37. The number of rotatable bonds is 3. The van der Waals surface area contributed by atoms with Crippen LogP contribution in [-0.4, -0.2) is 52.7 Å². The first-order valence-electron chi connectivity index (χ1n) is 9.10. The van der Waals surface area contributed by atoms with Crippen molar-refractivity contribution in [3.05, 3.63) is 42.2 Å². The number of benzene rings is 1. The third-order valence-electron chi connectivity index (χ3n) is 4.13. The Morgan fingerprint density at radius 2 is 1.78 bits per heavy atom. The lowest BCUT2D eigenvalue weighted by molar-refractivity contribution is 0.0240. The molecule has 1 fully saturated rings. The summed E-state index contributed by atoms with van der Waals surface area (Å²) in [5, 5.41) is 0.733. The Labute approximate surface area is 164 Å². The standard InChI is InChI=1S/C20H26N4O2S/c1-15-6-7-16(17(14-15)27-18-21-8-5-9-22-18)23-10-12-24(13-11-23)19(25)26-20(2,3)4/h5-9,14H,10-13H2,1-4H3. The van der Waals surface area contributed by atoms with Crippen LogP contribution in [0.1, 0.15) is 26.3 Å². The summed E-state index contributed by atoms with van der Waals surface area (Å²) in [5.41, 5.74) is 1.89. The second kappa shape index (κ2) is 8.17. The molecule has 0 bridgehead atoms. The summed E-state index contributed by atoms with van der Waals surface area (Å²) in [5.74, 6) is 0. The summed E-state index contributed by atoms with van der Waals surface area (Å²) in [6.45, 7) is 10.6. The number of aromatic nitrogens is 2. The molecule has 0 unspecified atom stereocenters. The van der Waals surface area contributed by atoms with Gasteiger partial charge >= 0.3 is 6.09 Å². The Hall–Kier alpha value is -2.28. The number of nitrogens with zero attached hydrogens (tertiary/aromatic N) is 4. The summed E-state index contributed by atoms with van der Waals surface area (Å²) in [6.07, 6.45) is 3.27. The van der Waals surface area contributed by atoms with Gasteiger partial charge in [-0.25, -0.2) is 14.8 Å². The van der Waals surface area contributed by atoms with E-state index < -0.39 is 5.60 Å². The number of carbonyl (C=O) groups is 1. The van der Waals surface area contributed by atoms with Gasteiger partial charge in [-0.1, -0.05) is 6.07 Å². The molecule has 1 aliphatic heterocycles. The van der Waals surface area contributed by atoms with Crippen molar-refractivity contribution in [2.24, 2.45) is 0 Å². The highest BCUT2D eigenvalue weighted by atomic mass is 32.2. The van der Waals surface area contributed by atoms with E-state index in [0.29, 0.717) is 13.1 Å². The zero-order valence-corrected chi connectivity index (χ0v) is 17.1. The molecule has 1 aliphatic rings. The molecule has 0 atom stereocenters. The highest BCUT2D eigenvalue weighted by Gasteiger charge is 2.26. The molecule has 2 aromatic rings. The second-order valence-electron chi connectivity index (χ2n) is 7.56. The minimum Gasteiger partial charge on any atom is -0.444 e. The van der Waals surface area contributed by atoms with Crippen LogP contribution in [-0.2, 0) is 4.74 Å². The number of hydrogen-bond acceptors (Lipinski definition) is 6. The SMILES string of the molecule is Cc1ccc(N2CCN(C(=O)OC(C)(C)C)CC2)c(Sc2ncccn2)c1. The number of amides is 1. The molecular formula is C20H26N4O2S. The molecule has 1 aromatic carbocycles. The summed E-state index contributed by atoms with van der Waals surface area (Å²) < 4.78 is 5.48. The third-order valence-corrected chi connectivity index (χ3v) is 5.07. The molecule has 0 aliphatic carbocycles. The minimum absolute atomic E-state index is 0.238. The first-order valence-corrected chi connectivity index (χ1v) is 9.92. The number of anilines is 1. The number of hydrogen-bond donors (Lipinski definition) is 0. The number of carbonyl (C=O) groups excluding carboxylic acids is 1. The average Bonchev–Trinajstić information content (AvgIpc) is 2.61. The van der Waals surface area contributed by atoms with Crippen LogP contribution in [0.2, 0.25) is 0 Å². The fourth-order valence-electron chi connectivity index (χ4n) is 2.86. The van der Waals surface area contributed by atoms with Gasteiger partial charge in [0.1, 0.15) is 5.60 Å². The summed E-state index contributed by atoms with van der Waals surface area (Å²) in [7, 11) is 0. The fraction of sp³-hybridized carbons (Fsp3) is 0.450. The lowest BCUT2D eigenvalue weighted by Crippen LogP contribution is -2.50. The van der Waals surface area contributed by atoms with Crippen molar-refractivity contribution in [2.45, 2.75) is 43.3 Å². The van der Waals surface area contributed by atoms with Crippen molar-refractivity contribution in [1.29, 1.82) is 0 Å². The van der Waals surface area contributed by atoms with E-state index in [2.05, 4.69) is 40.0 Å². The third kappa shape index (κ3) is 5.35. The fourth-order valence-corrected chi connectivity index (χ4v) is 3.83. The largest absolute Gasteiger partial charge is 0.444 e. The molecule has 3 rings (SSSR count). The molecule has 144 valence electrons. The summed E-state index contributed by atoms with van der Waals surface area (Å²) in [6, 6.07) is 8.24. The number of ether oxygens (including phenoxy) is 1. The van der Waals surface area contributed by atoms with E-state index in [0.717, 1.165) is 28.8 Å². The van der Waals surface area contributed by atoms with E-state index in [1.54, 1.807) is 29.1 Å². The lowest BCUT2D eigenvalue weighted by atomic mass is 10.2. The molecule has 1 amide bonds. The van der Waals surface area contributed by atoms with E-state index in [1.165, 1.54) is 5.56 Å². The van der Waals surface area contributed by atoms with Crippen LogP contribution in [0.5, 0.6) is 0 Å². The van der Waals surface area contributed by atoms with Crippen molar-refractivity contribution >= 4 is 23.5 Å². The Morgan fingerprint density at radius 1 is 1.11 bits per heavy atom. The molecule has 0 N–H and O–H groups in total. The highest BCUT2D eigenvalue weighted by molar-refractivity contribution is 7.99. The van der Waals surface area contributed by atoms with E-state index in [4.69, 9.17) is 4.74 Å². The Morgan fingerprint density at radius 3 is 2.41 bits per heavy atom. The monoisotopic (exact) mass is 386 g/mol. The number of piperazine rings is 1. The first-order chi connectivity index (χ1) is 12.8. The molecule has 1 saturated heterocycles. The summed E-state index contributed by atoms with van der Waals surface area (Å²) >= 11 is 1.57.